The molecule has 1 fully saturated rings. The van der Waals surface area contributed by atoms with Crippen LogP contribution in [-0.4, -0.2) is 61.4 Å². The number of nitrogens with zero attached hydrogens (tertiary/aromatic N) is 2. The zero-order chi connectivity index (χ0) is 15.4. The van der Waals surface area contributed by atoms with Crippen LogP contribution in [0.25, 0.3) is 0 Å². The Morgan fingerprint density at radius 2 is 1.91 bits per heavy atom. The molecule has 0 aliphatic carbocycles. The molecule has 1 N–H and O–H groups in total. The maximum absolute atomic E-state index is 12.4. The second-order valence-electron chi connectivity index (χ2n) is 5.31. The lowest BCUT2D eigenvalue weighted by molar-refractivity contribution is -0.132. The number of nitrogens with one attached hydrogen (secondary N) is 1. The number of likely N-dealkylation sites (N-methyl/N-ethyl adjacent to an activating group) is 1. The van der Waals surface area contributed by atoms with Gasteiger partial charge in [-0.1, -0.05) is 15.9 Å². The molecule has 1 heterocycles. The summed E-state index contributed by atoms with van der Waals surface area (Å²) in [5, 5.41) is 3.20. The molecule has 1 aromatic rings. The lowest BCUT2D eigenvalue weighted by atomic mass is 10.1. The Morgan fingerprint density at radius 3 is 2.50 bits per heavy atom. The minimum absolute atomic E-state index is 0. The minimum atomic E-state index is -0.136. The molecule has 2 rings (SSSR count). The SMILES string of the molecule is Cc1cc(Br)cc(C(=O)N(C)CC(=O)N2CCNCC2)c1.Cl. The van der Waals surface area contributed by atoms with E-state index in [1.165, 1.54) is 4.90 Å². The van der Waals surface area contributed by atoms with E-state index in [0.29, 0.717) is 18.7 Å². The van der Waals surface area contributed by atoms with E-state index in [-0.39, 0.29) is 30.8 Å². The largest absolute Gasteiger partial charge is 0.339 e. The topological polar surface area (TPSA) is 52.7 Å². The van der Waals surface area contributed by atoms with Crippen LogP contribution in [-0.2, 0) is 4.79 Å². The van der Waals surface area contributed by atoms with E-state index >= 15 is 0 Å². The molecule has 1 aliphatic rings. The Hall–Kier alpha value is -1.11. The van der Waals surface area contributed by atoms with Gasteiger partial charge in [-0.3, -0.25) is 9.59 Å². The molecular weight excluding hydrogens is 370 g/mol. The molecule has 1 saturated heterocycles. The number of rotatable bonds is 3. The lowest BCUT2D eigenvalue weighted by Crippen LogP contribution is -2.49. The van der Waals surface area contributed by atoms with Crippen LogP contribution in [0.4, 0.5) is 0 Å². The highest BCUT2D eigenvalue weighted by Gasteiger charge is 2.20. The van der Waals surface area contributed by atoms with Crippen LogP contribution in [0, 0.1) is 6.92 Å². The second kappa shape index (κ2) is 8.50. The van der Waals surface area contributed by atoms with Gasteiger partial charge in [0.05, 0.1) is 6.54 Å². The molecule has 5 nitrogen and oxygen atoms in total. The summed E-state index contributed by atoms with van der Waals surface area (Å²) in [6.45, 7) is 5.09. The van der Waals surface area contributed by atoms with Crippen LogP contribution in [0.2, 0.25) is 0 Å². The van der Waals surface area contributed by atoms with Crippen LogP contribution < -0.4 is 5.32 Å². The Kier molecular flexibility index (Phi) is 7.32. The summed E-state index contributed by atoms with van der Waals surface area (Å²) in [6, 6.07) is 5.56. The quantitative estimate of drug-likeness (QED) is 0.854. The van der Waals surface area contributed by atoms with Gasteiger partial charge in [-0.05, 0) is 30.7 Å². The fraction of sp³-hybridized carbons (Fsp3) is 0.467. The minimum Gasteiger partial charge on any atom is -0.339 e. The molecule has 0 atom stereocenters. The summed E-state index contributed by atoms with van der Waals surface area (Å²) in [5.41, 5.74) is 1.60. The van der Waals surface area contributed by atoms with Crippen molar-refractivity contribution in [2.75, 3.05) is 39.8 Å². The lowest BCUT2D eigenvalue weighted by Gasteiger charge is -2.29. The van der Waals surface area contributed by atoms with Crippen LogP contribution in [0.3, 0.4) is 0 Å². The van der Waals surface area contributed by atoms with Gasteiger partial charge in [0, 0.05) is 43.3 Å². The standard InChI is InChI=1S/C15H20BrN3O2.ClH/c1-11-7-12(9-13(16)8-11)15(21)18(2)10-14(20)19-5-3-17-4-6-19;/h7-9,17H,3-6,10H2,1-2H3;1H. The molecule has 1 aromatic carbocycles. The van der Waals surface area contributed by atoms with Crippen LogP contribution in [0.5, 0.6) is 0 Å². The molecule has 2 amide bonds. The van der Waals surface area contributed by atoms with Crippen molar-refractivity contribution in [1.82, 2.24) is 15.1 Å². The summed E-state index contributed by atoms with van der Waals surface area (Å²) in [7, 11) is 1.67. The monoisotopic (exact) mass is 389 g/mol. The predicted octanol–water partition coefficient (Wildman–Crippen LogP) is 1.68. The van der Waals surface area contributed by atoms with Crippen molar-refractivity contribution in [1.29, 1.82) is 0 Å². The van der Waals surface area contributed by atoms with Crippen molar-refractivity contribution in [3.8, 4) is 0 Å². The molecule has 0 unspecified atom stereocenters. The van der Waals surface area contributed by atoms with Crippen molar-refractivity contribution in [2.24, 2.45) is 0 Å². The number of carbonyl (C=O) groups is 2. The number of piperazine rings is 1. The Bertz CT molecular complexity index is 527. The van der Waals surface area contributed by atoms with E-state index in [9.17, 15) is 9.59 Å². The van der Waals surface area contributed by atoms with Crippen molar-refractivity contribution >= 4 is 40.2 Å². The van der Waals surface area contributed by atoms with Gasteiger partial charge in [0.2, 0.25) is 5.91 Å². The number of carbonyl (C=O) groups excluding carboxylic acids is 2. The molecule has 122 valence electrons. The van der Waals surface area contributed by atoms with Gasteiger partial charge in [0.15, 0.2) is 0 Å². The van der Waals surface area contributed by atoms with Crippen LogP contribution in [0.1, 0.15) is 15.9 Å². The zero-order valence-electron chi connectivity index (χ0n) is 12.8. The van der Waals surface area contributed by atoms with E-state index < -0.39 is 0 Å². The van der Waals surface area contributed by atoms with Crippen LogP contribution in [0.15, 0.2) is 22.7 Å². The van der Waals surface area contributed by atoms with Crippen molar-refractivity contribution in [2.45, 2.75) is 6.92 Å². The van der Waals surface area contributed by atoms with E-state index in [4.69, 9.17) is 0 Å². The molecule has 0 radical (unpaired) electrons. The van der Waals surface area contributed by atoms with Gasteiger partial charge in [0.25, 0.3) is 5.91 Å². The average molecular weight is 391 g/mol. The van der Waals surface area contributed by atoms with E-state index in [0.717, 1.165) is 23.1 Å². The molecule has 0 bridgehead atoms. The van der Waals surface area contributed by atoms with E-state index in [2.05, 4.69) is 21.2 Å². The number of halogens is 2. The van der Waals surface area contributed by atoms with E-state index in [1.54, 1.807) is 18.0 Å². The number of amides is 2. The second-order valence-corrected chi connectivity index (χ2v) is 6.22. The molecular formula is C15H21BrClN3O2. The van der Waals surface area contributed by atoms with Gasteiger partial charge in [-0.2, -0.15) is 0 Å². The number of hydrogen-bond acceptors (Lipinski definition) is 3. The van der Waals surface area contributed by atoms with Gasteiger partial charge in [0.1, 0.15) is 0 Å². The summed E-state index contributed by atoms with van der Waals surface area (Å²) >= 11 is 3.39. The number of hydrogen-bond donors (Lipinski definition) is 1. The molecule has 22 heavy (non-hydrogen) atoms. The average Bonchev–Trinajstić information content (AvgIpc) is 2.46. The van der Waals surface area contributed by atoms with Gasteiger partial charge >= 0.3 is 0 Å². The van der Waals surface area contributed by atoms with Crippen molar-refractivity contribution in [3.05, 3.63) is 33.8 Å². The van der Waals surface area contributed by atoms with Gasteiger partial charge in [-0.25, -0.2) is 0 Å². The zero-order valence-corrected chi connectivity index (χ0v) is 15.2. The first-order valence-electron chi connectivity index (χ1n) is 6.98. The number of benzene rings is 1. The van der Waals surface area contributed by atoms with Crippen LogP contribution >= 0.6 is 28.3 Å². The first kappa shape index (κ1) is 18.9. The summed E-state index contributed by atoms with van der Waals surface area (Å²) in [5.74, 6) is -0.137. The third-order valence-electron chi connectivity index (χ3n) is 3.48. The van der Waals surface area contributed by atoms with E-state index in [1.807, 2.05) is 19.1 Å². The molecule has 7 heteroatoms. The summed E-state index contributed by atoms with van der Waals surface area (Å²) in [6.07, 6.45) is 0. The normalized spacial score (nSPS) is 14.2. The number of aryl methyl sites for hydroxylation is 1. The van der Waals surface area contributed by atoms with Crippen molar-refractivity contribution < 1.29 is 9.59 Å². The first-order chi connectivity index (χ1) is 9.97. The molecule has 1 aliphatic heterocycles. The summed E-state index contributed by atoms with van der Waals surface area (Å²) < 4.78 is 0.868. The van der Waals surface area contributed by atoms with Crippen molar-refractivity contribution in [3.63, 3.8) is 0 Å². The highest BCUT2D eigenvalue weighted by Crippen LogP contribution is 2.16. The maximum atomic E-state index is 12.4. The predicted molar refractivity (Wildman–Crippen MR) is 92.5 cm³/mol. The molecule has 0 spiro atoms. The smallest absolute Gasteiger partial charge is 0.254 e. The van der Waals surface area contributed by atoms with Gasteiger partial charge in [-0.15, -0.1) is 12.4 Å². The third-order valence-corrected chi connectivity index (χ3v) is 3.94. The Morgan fingerprint density at radius 1 is 1.27 bits per heavy atom. The fourth-order valence-electron chi connectivity index (χ4n) is 2.37. The maximum Gasteiger partial charge on any atom is 0.254 e. The van der Waals surface area contributed by atoms with Gasteiger partial charge < -0.3 is 15.1 Å². The summed E-state index contributed by atoms with van der Waals surface area (Å²) in [4.78, 5) is 27.8. The highest BCUT2D eigenvalue weighted by molar-refractivity contribution is 9.10. The first-order valence-corrected chi connectivity index (χ1v) is 7.78. The third kappa shape index (κ3) is 4.97. The molecule has 0 saturated carbocycles. The molecule has 0 aromatic heterocycles. The Labute approximate surface area is 145 Å². The Balaban J connectivity index is 0.00000242. The highest BCUT2D eigenvalue weighted by atomic mass is 79.9. The fourth-order valence-corrected chi connectivity index (χ4v) is 2.98.